The second-order valence-electron chi connectivity index (χ2n) is 5.34. The zero-order valence-electron chi connectivity index (χ0n) is 12.3. The quantitative estimate of drug-likeness (QED) is 0.834. The van der Waals surface area contributed by atoms with E-state index < -0.39 is 0 Å². The van der Waals surface area contributed by atoms with E-state index in [9.17, 15) is 4.79 Å². The molecule has 1 aromatic carbocycles. The van der Waals surface area contributed by atoms with Crippen molar-refractivity contribution in [2.24, 2.45) is 0 Å². The Labute approximate surface area is 116 Å². The molecular formula is C16H24N2O. The molecular weight excluding hydrogens is 236 g/mol. The Morgan fingerprint density at radius 3 is 2.47 bits per heavy atom. The van der Waals surface area contributed by atoms with Crippen LogP contribution >= 0.6 is 0 Å². The lowest BCUT2D eigenvalue weighted by Gasteiger charge is -2.37. The molecule has 104 valence electrons. The number of aryl methyl sites for hydroxylation is 1. The van der Waals surface area contributed by atoms with E-state index in [0.717, 1.165) is 32.6 Å². The molecule has 0 spiro atoms. The largest absolute Gasteiger partial charge is 0.368 e. The van der Waals surface area contributed by atoms with Gasteiger partial charge in [-0.2, -0.15) is 0 Å². The lowest BCUT2D eigenvalue weighted by molar-refractivity contribution is -0.131. The lowest BCUT2D eigenvalue weighted by atomic mass is 10.1. The third-order valence-corrected chi connectivity index (χ3v) is 4.01. The predicted octanol–water partition coefficient (Wildman–Crippen LogP) is 2.75. The summed E-state index contributed by atoms with van der Waals surface area (Å²) >= 11 is 0. The van der Waals surface area contributed by atoms with E-state index in [1.165, 1.54) is 16.8 Å². The van der Waals surface area contributed by atoms with Crippen LogP contribution in [0.3, 0.4) is 0 Å². The summed E-state index contributed by atoms with van der Waals surface area (Å²) in [7, 11) is 0. The second kappa shape index (κ2) is 6.09. The maximum absolute atomic E-state index is 11.9. The number of carbonyl (C=O) groups is 1. The van der Waals surface area contributed by atoms with Gasteiger partial charge in [-0.1, -0.05) is 19.1 Å². The van der Waals surface area contributed by atoms with Gasteiger partial charge in [0.25, 0.3) is 0 Å². The van der Waals surface area contributed by atoms with Crippen molar-refractivity contribution in [2.75, 3.05) is 31.1 Å². The molecule has 0 aromatic heterocycles. The van der Waals surface area contributed by atoms with E-state index in [4.69, 9.17) is 0 Å². The fourth-order valence-corrected chi connectivity index (χ4v) is 2.65. The highest BCUT2D eigenvalue weighted by Gasteiger charge is 2.21. The standard InChI is InChI=1S/C16H24N2O/c1-4-6-16(19)18-11-9-17(10-12-18)15-8-5-7-13(2)14(15)3/h5,7-8H,4,6,9-12H2,1-3H3. The van der Waals surface area contributed by atoms with Crippen LogP contribution < -0.4 is 4.90 Å². The number of rotatable bonds is 3. The smallest absolute Gasteiger partial charge is 0.222 e. The van der Waals surface area contributed by atoms with Gasteiger partial charge in [0.1, 0.15) is 0 Å². The van der Waals surface area contributed by atoms with Crippen LogP contribution in [-0.2, 0) is 4.79 Å². The van der Waals surface area contributed by atoms with Gasteiger partial charge in [0.15, 0.2) is 0 Å². The number of piperazine rings is 1. The first-order valence-corrected chi connectivity index (χ1v) is 7.22. The van der Waals surface area contributed by atoms with Crippen LogP contribution in [0.5, 0.6) is 0 Å². The topological polar surface area (TPSA) is 23.6 Å². The van der Waals surface area contributed by atoms with Gasteiger partial charge in [-0.15, -0.1) is 0 Å². The molecule has 1 fully saturated rings. The summed E-state index contributed by atoms with van der Waals surface area (Å²) in [6, 6.07) is 6.46. The van der Waals surface area contributed by atoms with Crippen LogP contribution in [0.4, 0.5) is 5.69 Å². The van der Waals surface area contributed by atoms with E-state index >= 15 is 0 Å². The Hall–Kier alpha value is -1.51. The third-order valence-electron chi connectivity index (χ3n) is 4.01. The number of hydrogen-bond acceptors (Lipinski definition) is 2. The average Bonchev–Trinajstić information content (AvgIpc) is 2.42. The Morgan fingerprint density at radius 1 is 1.16 bits per heavy atom. The van der Waals surface area contributed by atoms with E-state index in [2.05, 4.69) is 43.9 Å². The van der Waals surface area contributed by atoms with Gasteiger partial charge in [0, 0.05) is 38.3 Å². The van der Waals surface area contributed by atoms with Crippen molar-refractivity contribution in [1.29, 1.82) is 0 Å². The molecule has 0 bridgehead atoms. The summed E-state index contributed by atoms with van der Waals surface area (Å²) in [5.74, 6) is 0.308. The highest BCUT2D eigenvalue weighted by Crippen LogP contribution is 2.23. The van der Waals surface area contributed by atoms with Crippen LogP contribution in [0.2, 0.25) is 0 Å². The van der Waals surface area contributed by atoms with Crippen molar-refractivity contribution in [2.45, 2.75) is 33.6 Å². The van der Waals surface area contributed by atoms with Crippen molar-refractivity contribution in [3.63, 3.8) is 0 Å². The molecule has 0 N–H and O–H groups in total. The van der Waals surface area contributed by atoms with Crippen LogP contribution in [-0.4, -0.2) is 37.0 Å². The number of nitrogens with zero attached hydrogens (tertiary/aromatic N) is 2. The normalized spacial score (nSPS) is 15.7. The molecule has 0 radical (unpaired) electrons. The van der Waals surface area contributed by atoms with Crippen molar-refractivity contribution < 1.29 is 4.79 Å². The lowest BCUT2D eigenvalue weighted by Crippen LogP contribution is -2.48. The van der Waals surface area contributed by atoms with Crippen LogP contribution in [0.15, 0.2) is 18.2 Å². The molecule has 2 rings (SSSR count). The highest BCUT2D eigenvalue weighted by molar-refractivity contribution is 5.76. The number of benzene rings is 1. The highest BCUT2D eigenvalue weighted by atomic mass is 16.2. The summed E-state index contributed by atoms with van der Waals surface area (Å²) in [5.41, 5.74) is 4.01. The first-order valence-electron chi connectivity index (χ1n) is 7.22. The zero-order chi connectivity index (χ0) is 13.8. The van der Waals surface area contributed by atoms with E-state index in [1.54, 1.807) is 0 Å². The molecule has 1 aromatic rings. The molecule has 1 aliphatic heterocycles. The minimum absolute atomic E-state index is 0.308. The molecule has 3 nitrogen and oxygen atoms in total. The fraction of sp³-hybridized carbons (Fsp3) is 0.562. The van der Waals surface area contributed by atoms with Crippen LogP contribution in [0, 0.1) is 13.8 Å². The molecule has 1 saturated heterocycles. The molecule has 3 heteroatoms. The summed E-state index contributed by atoms with van der Waals surface area (Å²) in [6.45, 7) is 9.99. The maximum atomic E-state index is 11.9. The first kappa shape index (κ1) is 13.9. The van der Waals surface area contributed by atoms with E-state index in [1.807, 2.05) is 4.90 Å². The molecule has 1 amide bonds. The van der Waals surface area contributed by atoms with E-state index in [-0.39, 0.29) is 0 Å². The number of anilines is 1. The Morgan fingerprint density at radius 2 is 1.84 bits per heavy atom. The minimum Gasteiger partial charge on any atom is -0.368 e. The van der Waals surface area contributed by atoms with Crippen molar-refractivity contribution in [1.82, 2.24) is 4.90 Å². The summed E-state index contributed by atoms with van der Waals surface area (Å²) < 4.78 is 0. The number of amides is 1. The molecule has 0 saturated carbocycles. The minimum atomic E-state index is 0.308. The third kappa shape index (κ3) is 3.09. The summed E-state index contributed by atoms with van der Waals surface area (Å²) in [4.78, 5) is 16.3. The summed E-state index contributed by atoms with van der Waals surface area (Å²) in [6.07, 6.45) is 1.62. The Balaban J connectivity index is 2.00. The Bertz CT molecular complexity index is 448. The van der Waals surface area contributed by atoms with Gasteiger partial charge in [-0.05, 0) is 37.5 Å². The molecule has 0 aliphatic carbocycles. The number of carbonyl (C=O) groups excluding carboxylic acids is 1. The van der Waals surface area contributed by atoms with E-state index in [0.29, 0.717) is 12.3 Å². The van der Waals surface area contributed by atoms with Gasteiger partial charge in [0.2, 0.25) is 5.91 Å². The maximum Gasteiger partial charge on any atom is 0.222 e. The van der Waals surface area contributed by atoms with Crippen LogP contribution in [0.25, 0.3) is 0 Å². The van der Waals surface area contributed by atoms with Gasteiger partial charge in [-0.3, -0.25) is 4.79 Å². The van der Waals surface area contributed by atoms with Crippen molar-refractivity contribution in [3.05, 3.63) is 29.3 Å². The predicted molar refractivity (Wildman–Crippen MR) is 79.6 cm³/mol. The number of hydrogen-bond donors (Lipinski definition) is 0. The molecule has 19 heavy (non-hydrogen) atoms. The SMILES string of the molecule is CCCC(=O)N1CCN(c2cccc(C)c2C)CC1. The molecule has 0 atom stereocenters. The molecule has 1 heterocycles. The van der Waals surface area contributed by atoms with Gasteiger partial charge >= 0.3 is 0 Å². The zero-order valence-corrected chi connectivity index (χ0v) is 12.3. The second-order valence-corrected chi connectivity index (χ2v) is 5.34. The van der Waals surface area contributed by atoms with Gasteiger partial charge in [0.05, 0.1) is 0 Å². The monoisotopic (exact) mass is 260 g/mol. The molecule has 1 aliphatic rings. The average molecular weight is 260 g/mol. The summed E-state index contributed by atoms with van der Waals surface area (Å²) in [5, 5.41) is 0. The first-order chi connectivity index (χ1) is 9.13. The van der Waals surface area contributed by atoms with Crippen molar-refractivity contribution >= 4 is 11.6 Å². The van der Waals surface area contributed by atoms with Gasteiger partial charge < -0.3 is 9.80 Å². The van der Waals surface area contributed by atoms with Crippen molar-refractivity contribution in [3.8, 4) is 0 Å². The van der Waals surface area contributed by atoms with Gasteiger partial charge in [-0.25, -0.2) is 0 Å². The van der Waals surface area contributed by atoms with Crippen LogP contribution in [0.1, 0.15) is 30.9 Å². The fourth-order valence-electron chi connectivity index (χ4n) is 2.65. The Kier molecular flexibility index (Phi) is 4.46. The molecule has 0 unspecified atom stereocenters.